The highest BCUT2D eigenvalue weighted by atomic mass is 32.1. The van der Waals surface area contributed by atoms with E-state index in [4.69, 9.17) is 0 Å². The van der Waals surface area contributed by atoms with E-state index in [2.05, 4.69) is 66.3 Å². The molecule has 1 amide bonds. The number of hydrogen-bond donors (Lipinski definition) is 2. The molecule has 1 aliphatic carbocycles. The van der Waals surface area contributed by atoms with E-state index >= 15 is 0 Å². The minimum atomic E-state index is 0.0914. The zero-order chi connectivity index (χ0) is 17.4. The highest BCUT2D eigenvalue weighted by Crippen LogP contribution is 2.50. The van der Waals surface area contributed by atoms with Crippen molar-refractivity contribution in [3.63, 3.8) is 0 Å². The average molecular weight is 353 g/mol. The Labute approximate surface area is 153 Å². The van der Waals surface area contributed by atoms with Crippen LogP contribution in [0.1, 0.15) is 49.1 Å². The van der Waals surface area contributed by atoms with Crippen molar-refractivity contribution in [1.29, 1.82) is 0 Å². The lowest BCUT2D eigenvalue weighted by Crippen LogP contribution is -2.28. The third-order valence-corrected chi connectivity index (χ3v) is 6.05. The van der Waals surface area contributed by atoms with Gasteiger partial charge in [0.2, 0.25) is 5.91 Å². The number of carbonyl (C=O) groups excluding carboxylic acids is 1. The van der Waals surface area contributed by atoms with E-state index in [1.807, 2.05) is 17.4 Å². The predicted octanol–water partition coefficient (Wildman–Crippen LogP) is 5.56. The van der Waals surface area contributed by atoms with Crippen molar-refractivity contribution < 1.29 is 4.79 Å². The standard InChI is InChI=1S/C21H24N2OS/c1-13(2)11-20(24)22-14-8-9-18-17(12-14)15-5-3-6-16(15)21(23-18)19-7-4-10-25-19/h3-5,7-10,12-13,15-16,21,23H,6,11H2,1-2H3,(H,22,24). The fourth-order valence-corrected chi connectivity index (χ4v) is 4.86. The van der Waals surface area contributed by atoms with Crippen molar-refractivity contribution in [2.24, 2.45) is 11.8 Å². The van der Waals surface area contributed by atoms with Gasteiger partial charge in [-0.05, 0) is 53.5 Å². The van der Waals surface area contributed by atoms with Gasteiger partial charge in [-0.25, -0.2) is 0 Å². The lowest BCUT2D eigenvalue weighted by molar-refractivity contribution is -0.116. The first-order valence-electron chi connectivity index (χ1n) is 9.02. The highest BCUT2D eigenvalue weighted by molar-refractivity contribution is 7.10. The second-order valence-corrected chi connectivity index (χ2v) is 8.42. The molecule has 1 aliphatic heterocycles. The van der Waals surface area contributed by atoms with Crippen LogP contribution in [0.3, 0.4) is 0 Å². The molecule has 0 radical (unpaired) electrons. The summed E-state index contributed by atoms with van der Waals surface area (Å²) in [6.45, 7) is 4.13. The average Bonchev–Trinajstić information content (AvgIpc) is 3.25. The van der Waals surface area contributed by atoms with E-state index in [0.29, 0.717) is 30.2 Å². The summed E-state index contributed by atoms with van der Waals surface area (Å²) in [4.78, 5) is 13.5. The van der Waals surface area contributed by atoms with Gasteiger partial charge in [-0.2, -0.15) is 0 Å². The molecule has 4 rings (SSSR count). The Bertz CT molecular complexity index is 794. The molecule has 3 nitrogen and oxygen atoms in total. The summed E-state index contributed by atoms with van der Waals surface area (Å²) in [5.74, 6) is 1.43. The SMILES string of the molecule is CC(C)CC(=O)Nc1ccc2c(c1)C1C=CCC1C(c1cccs1)N2. The minimum absolute atomic E-state index is 0.0914. The Kier molecular flexibility index (Phi) is 4.38. The van der Waals surface area contributed by atoms with Crippen LogP contribution >= 0.6 is 11.3 Å². The number of amides is 1. The molecule has 4 heteroatoms. The first kappa shape index (κ1) is 16.4. The molecular formula is C21H24N2OS. The number of allylic oxidation sites excluding steroid dienone is 2. The van der Waals surface area contributed by atoms with Gasteiger partial charge in [0.1, 0.15) is 0 Å². The zero-order valence-corrected chi connectivity index (χ0v) is 15.5. The van der Waals surface area contributed by atoms with E-state index in [0.717, 1.165) is 12.1 Å². The van der Waals surface area contributed by atoms with Crippen LogP contribution in [0.5, 0.6) is 0 Å². The van der Waals surface area contributed by atoms with Gasteiger partial charge in [0.05, 0.1) is 6.04 Å². The number of hydrogen-bond acceptors (Lipinski definition) is 3. The molecule has 2 heterocycles. The molecule has 0 bridgehead atoms. The summed E-state index contributed by atoms with van der Waals surface area (Å²) in [5, 5.41) is 8.94. The van der Waals surface area contributed by atoms with Crippen LogP contribution in [0.15, 0.2) is 47.9 Å². The second-order valence-electron chi connectivity index (χ2n) is 7.44. The molecule has 130 valence electrons. The normalized spacial score (nSPS) is 23.9. The van der Waals surface area contributed by atoms with Crippen LogP contribution in [-0.4, -0.2) is 5.91 Å². The van der Waals surface area contributed by atoms with Crippen molar-refractivity contribution in [3.05, 3.63) is 58.3 Å². The van der Waals surface area contributed by atoms with E-state index in [1.165, 1.54) is 16.1 Å². The Morgan fingerprint density at radius 2 is 2.24 bits per heavy atom. The molecule has 2 N–H and O–H groups in total. The fourth-order valence-electron chi connectivity index (χ4n) is 4.00. The van der Waals surface area contributed by atoms with Gasteiger partial charge in [-0.1, -0.05) is 32.1 Å². The van der Waals surface area contributed by atoms with Gasteiger partial charge >= 0.3 is 0 Å². The quantitative estimate of drug-likeness (QED) is 0.707. The van der Waals surface area contributed by atoms with Gasteiger partial charge in [0.25, 0.3) is 0 Å². The maximum atomic E-state index is 12.1. The topological polar surface area (TPSA) is 41.1 Å². The van der Waals surface area contributed by atoms with Crippen LogP contribution in [0.25, 0.3) is 0 Å². The molecular weight excluding hydrogens is 328 g/mol. The Morgan fingerprint density at radius 1 is 1.36 bits per heavy atom. The molecule has 25 heavy (non-hydrogen) atoms. The number of nitrogens with one attached hydrogen (secondary N) is 2. The van der Waals surface area contributed by atoms with Crippen LogP contribution in [0.2, 0.25) is 0 Å². The van der Waals surface area contributed by atoms with Gasteiger partial charge in [0, 0.05) is 28.6 Å². The summed E-state index contributed by atoms with van der Waals surface area (Å²) in [7, 11) is 0. The first-order valence-corrected chi connectivity index (χ1v) is 9.90. The maximum absolute atomic E-state index is 12.1. The molecule has 3 atom stereocenters. The number of benzene rings is 1. The zero-order valence-electron chi connectivity index (χ0n) is 14.7. The van der Waals surface area contributed by atoms with Gasteiger partial charge in [-0.3, -0.25) is 4.79 Å². The lowest BCUT2D eigenvalue weighted by Gasteiger charge is -2.37. The summed E-state index contributed by atoms with van der Waals surface area (Å²) >= 11 is 1.82. The largest absolute Gasteiger partial charge is 0.377 e. The number of carbonyl (C=O) groups is 1. The van der Waals surface area contributed by atoms with Crippen molar-refractivity contribution in [2.75, 3.05) is 10.6 Å². The highest BCUT2D eigenvalue weighted by Gasteiger charge is 2.38. The molecule has 1 aromatic carbocycles. The molecule has 2 aliphatic rings. The molecule has 0 spiro atoms. The van der Waals surface area contributed by atoms with Gasteiger partial charge in [0.15, 0.2) is 0 Å². The van der Waals surface area contributed by atoms with Crippen LogP contribution < -0.4 is 10.6 Å². The number of fused-ring (bicyclic) bond motifs is 3. The summed E-state index contributed by atoms with van der Waals surface area (Å²) < 4.78 is 0. The molecule has 0 saturated heterocycles. The van der Waals surface area contributed by atoms with E-state index in [-0.39, 0.29) is 5.91 Å². The Balaban J connectivity index is 1.61. The smallest absolute Gasteiger partial charge is 0.224 e. The van der Waals surface area contributed by atoms with Crippen molar-refractivity contribution in [2.45, 2.75) is 38.6 Å². The molecule has 0 saturated carbocycles. The van der Waals surface area contributed by atoms with E-state index < -0.39 is 0 Å². The summed E-state index contributed by atoms with van der Waals surface area (Å²) in [5.41, 5.74) is 3.39. The fraction of sp³-hybridized carbons (Fsp3) is 0.381. The number of anilines is 2. The van der Waals surface area contributed by atoms with Crippen molar-refractivity contribution in [3.8, 4) is 0 Å². The maximum Gasteiger partial charge on any atom is 0.224 e. The monoisotopic (exact) mass is 352 g/mol. The second kappa shape index (κ2) is 6.68. The van der Waals surface area contributed by atoms with Crippen LogP contribution in [-0.2, 0) is 4.79 Å². The van der Waals surface area contributed by atoms with Crippen molar-refractivity contribution >= 4 is 28.6 Å². The third kappa shape index (κ3) is 3.23. The van der Waals surface area contributed by atoms with Crippen molar-refractivity contribution in [1.82, 2.24) is 0 Å². The molecule has 2 aromatic rings. The van der Waals surface area contributed by atoms with Gasteiger partial charge < -0.3 is 10.6 Å². The molecule has 3 unspecified atom stereocenters. The Morgan fingerprint density at radius 3 is 3.00 bits per heavy atom. The molecule has 1 aromatic heterocycles. The predicted molar refractivity (Wildman–Crippen MR) is 105 cm³/mol. The number of thiophene rings is 1. The Hall–Kier alpha value is -2.07. The first-order chi connectivity index (χ1) is 12.1. The number of rotatable bonds is 4. The third-order valence-electron chi connectivity index (χ3n) is 5.09. The van der Waals surface area contributed by atoms with Crippen LogP contribution in [0, 0.1) is 11.8 Å². The lowest BCUT2D eigenvalue weighted by atomic mass is 9.79. The van der Waals surface area contributed by atoms with Gasteiger partial charge in [-0.15, -0.1) is 11.3 Å². The summed E-state index contributed by atoms with van der Waals surface area (Å²) in [6.07, 6.45) is 6.30. The van der Waals surface area contributed by atoms with Crippen LogP contribution in [0.4, 0.5) is 11.4 Å². The van der Waals surface area contributed by atoms with E-state index in [9.17, 15) is 4.79 Å². The summed E-state index contributed by atoms with van der Waals surface area (Å²) in [6, 6.07) is 11.0. The minimum Gasteiger partial charge on any atom is -0.377 e. The molecule has 0 fully saturated rings. The van der Waals surface area contributed by atoms with E-state index in [1.54, 1.807) is 0 Å².